The number of nitriles is 3. The van der Waals surface area contributed by atoms with Crippen molar-refractivity contribution >= 4 is 63.0 Å². The second kappa shape index (κ2) is 10.2. The van der Waals surface area contributed by atoms with Crippen molar-refractivity contribution in [3.05, 3.63) is 132 Å². The van der Waals surface area contributed by atoms with Crippen LogP contribution in [0, 0.1) is 34.0 Å². The molecule has 44 heavy (non-hydrogen) atoms. The number of nitrogens with zero attached hydrogens (tertiary/aromatic N) is 3. The van der Waals surface area contributed by atoms with E-state index in [0.29, 0.717) is 27.8 Å². The van der Waals surface area contributed by atoms with Crippen LogP contribution in [-0.4, -0.2) is 0 Å². The fourth-order valence-corrected chi connectivity index (χ4v) is 8.64. The molecule has 0 aliphatic carbocycles. The van der Waals surface area contributed by atoms with Crippen LogP contribution in [0.15, 0.2) is 115 Å². The Kier molecular flexibility index (Phi) is 6.00. The maximum atomic E-state index is 10.8. The van der Waals surface area contributed by atoms with Crippen LogP contribution in [0.3, 0.4) is 0 Å². The molecule has 0 fully saturated rings. The molecule has 5 heteroatoms. The van der Waals surface area contributed by atoms with E-state index in [-0.39, 0.29) is 0 Å². The van der Waals surface area contributed by atoms with E-state index in [1.807, 2.05) is 54.6 Å². The molecule has 0 unspecified atom stereocenters. The van der Waals surface area contributed by atoms with Crippen LogP contribution < -0.4 is 0 Å². The normalized spacial score (nSPS) is 11.1. The molecule has 0 atom stereocenters. The standard InChI is InChI=1S/C39H19N3S2/c40-20-23-8-5-9-24(18-23)37-31(21-41)29(25-12-6-16-35-38(25)27-10-1-3-14-33(27)43-35)19-30(32(37)22-42)26-13-7-17-36-39(26)28-11-2-4-15-34(28)44-36/h1-19H. The lowest BCUT2D eigenvalue weighted by Crippen LogP contribution is -1.99. The molecule has 6 aromatic carbocycles. The van der Waals surface area contributed by atoms with Crippen LogP contribution >= 0.6 is 22.7 Å². The van der Waals surface area contributed by atoms with Crippen molar-refractivity contribution < 1.29 is 0 Å². The molecule has 0 aliphatic rings. The summed E-state index contributed by atoms with van der Waals surface area (Å²) in [5.74, 6) is 0. The Morgan fingerprint density at radius 1 is 0.432 bits per heavy atom. The van der Waals surface area contributed by atoms with Crippen LogP contribution in [-0.2, 0) is 0 Å². The third kappa shape index (κ3) is 3.84. The molecule has 3 nitrogen and oxygen atoms in total. The molecular formula is C39H19N3S2. The largest absolute Gasteiger partial charge is 0.192 e. The number of hydrogen-bond acceptors (Lipinski definition) is 5. The molecule has 202 valence electrons. The minimum absolute atomic E-state index is 0.422. The average Bonchev–Trinajstić information content (AvgIpc) is 3.66. The van der Waals surface area contributed by atoms with E-state index in [9.17, 15) is 15.8 Å². The minimum Gasteiger partial charge on any atom is -0.192 e. The van der Waals surface area contributed by atoms with E-state index in [4.69, 9.17) is 0 Å². The molecule has 0 amide bonds. The summed E-state index contributed by atoms with van der Waals surface area (Å²) in [4.78, 5) is 0. The molecule has 0 bridgehead atoms. The van der Waals surface area contributed by atoms with Crippen molar-refractivity contribution in [3.8, 4) is 51.6 Å². The zero-order valence-electron chi connectivity index (χ0n) is 23.1. The summed E-state index contributed by atoms with van der Waals surface area (Å²) in [5.41, 5.74) is 5.96. The first-order chi connectivity index (χ1) is 21.7. The second-order valence-electron chi connectivity index (χ2n) is 10.6. The summed E-state index contributed by atoms with van der Waals surface area (Å²) in [7, 11) is 0. The van der Waals surface area contributed by atoms with Gasteiger partial charge in [-0.2, -0.15) is 15.8 Å². The first kappa shape index (κ1) is 25.9. The molecule has 2 aromatic heterocycles. The van der Waals surface area contributed by atoms with Gasteiger partial charge in [-0.15, -0.1) is 22.7 Å². The molecular weight excluding hydrogens is 575 g/mol. The predicted molar refractivity (Wildman–Crippen MR) is 183 cm³/mol. The topological polar surface area (TPSA) is 71.4 Å². The highest BCUT2D eigenvalue weighted by atomic mass is 32.1. The molecule has 0 spiro atoms. The summed E-state index contributed by atoms with van der Waals surface area (Å²) in [6.45, 7) is 0. The molecule has 8 aromatic rings. The second-order valence-corrected chi connectivity index (χ2v) is 12.7. The van der Waals surface area contributed by atoms with Crippen molar-refractivity contribution in [1.82, 2.24) is 0 Å². The molecule has 0 saturated carbocycles. The van der Waals surface area contributed by atoms with Crippen molar-refractivity contribution in [2.45, 2.75) is 0 Å². The van der Waals surface area contributed by atoms with Gasteiger partial charge in [0.1, 0.15) is 12.1 Å². The number of rotatable bonds is 3. The highest BCUT2D eigenvalue weighted by Gasteiger charge is 2.25. The van der Waals surface area contributed by atoms with Crippen LogP contribution in [0.25, 0.3) is 73.7 Å². The van der Waals surface area contributed by atoms with E-state index in [2.05, 4.69) is 66.7 Å². The van der Waals surface area contributed by atoms with Crippen LogP contribution in [0.5, 0.6) is 0 Å². The Hall–Kier alpha value is -5.77. The van der Waals surface area contributed by atoms with Crippen molar-refractivity contribution in [3.63, 3.8) is 0 Å². The maximum absolute atomic E-state index is 10.8. The van der Waals surface area contributed by atoms with Gasteiger partial charge in [-0.1, -0.05) is 72.8 Å². The molecule has 0 saturated heterocycles. The molecule has 0 radical (unpaired) electrons. The third-order valence-electron chi connectivity index (χ3n) is 8.22. The van der Waals surface area contributed by atoms with Crippen LogP contribution in [0.1, 0.15) is 16.7 Å². The maximum Gasteiger partial charge on any atom is 0.100 e. The van der Waals surface area contributed by atoms with Gasteiger partial charge in [-0.25, -0.2) is 0 Å². The predicted octanol–water partition coefficient (Wildman–Crippen LogP) is 11.0. The molecule has 2 heterocycles. The van der Waals surface area contributed by atoms with E-state index in [0.717, 1.165) is 53.2 Å². The fourth-order valence-electron chi connectivity index (χ4n) is 6.37. The van der Waals surface area contributed by atoms with Gasteiger partial charge in [0.2, 0.25) is 0 Å². The Bertz CT molecular complexity index is 2450. The van der Waals surface area contributed by atoms with Gasteiger partial charge >= 0.3 is 0 Å². The highest BCUT2D eigenvalue weighted by Crippen LogP contribution is 2.48. The number of benzene rings is 6. The SMILES string of the molecule is N#Cc1cccc(-c2c(C#N)c(-c3cccc4sc5ccccc5c34)cc(-c3cccc4sc5ccccc5c34)c2C#N)c1. The van der Waals surface area contributed by atoms with Crippen LogP contribution in [0.4, 0.5) is 0 Å². The van der Waals surface area contributed by atoms with Gasteiger partial charge in [0.05, 0.1) is 22.8 Å². The van der Waals surface area contributed by atoms with Gasteiger partial charge in [0, 0.05) is 57.0 Å². The Morgan fingerprint density at radius 3 is 1.45 bits per heavy atom. The zero-order valence-corrected chi connectivity index (χ0v) is 24.8. The summed E-state index contributed by atoms with van der Waals surface area (Å²) < 4.78 is 4.63. The highest BCUT2D eigenvalue weighted by molar-refractivity contribution is 7.26. The zero-order chi connectivity index (χ0) is 29.8. The summed E-state index contributed by atoms with van der Waals surface area (Å²) in [6.07, 6.45) is 0. The summed E-state index contributed by atoms with van der Waals surface area (Å²) in [6, 6.07) is 45.6. The average molecular weight is 594 g/mol. The first-order valence-electron chi connectivity index (χ1n) is 14.0. The van der Waals surface area contributed by atoms with Gasteiger partial charge in [-0.05, 0) is 59.2 Å². The lowest BCUT2D eigenvalue weighted by Gasteiger charge is -2.18. The van der Waals surface area contributed by atoms with Gasteiger partial charge < -0.3 is 0 Å². The molecule has 0 N–H and O–H groups in total. The van der Waals surface area contributed by atoms with Crippen molar-refractivity contribution in [2.24, 2.45) is 0 Å². The summed E-state index contributed by atoms with van der Waals surface area (Å²) >= 11 is 3.46. The smallest absolute Gasteiger partial charge is 0.100 e. The monoisotopic (exact) mass is 593 g/mol. The van der Waals surface area contributed by atoms with E-state index in [1.165, 1.54) is 9.40 Å². The van der Waals surface area contributed by atoms with E-state index >= 15 is 0 Å². The lowest BCUT2D eigenvalue weighted by molar-refractivity contribution is 1.43. The number of thiophene rings is 2. The van der Waals surface area contributed by atoms with Gasteiger partial charge in [-0.3, -0.25) is 0 Å². The third-order valence-corrected chi connectivity index (χ3v) is 10.5. The minimum atomic E-state index is 0.422. The first-order valence-corrected chi connectivity index (χ1v) is 15.7. The van der Waals surface area contributed by atoms with Gasteiger partial charge in [0.25, 0.3) is 0 Å². The summed E-state index contributed by atoms with van der Waals surface area (Å²) in [5, 5.41) is 35.9. The lowest BCUT2D eigenvalue weighted by atomic mass is 9.82. The number of fused-ring (bicyclic) bond motifs is 6. The van der Waals surface area contributed by atoms with E-state index < -0.39 is 0 Å². The number of hydrogen-bond donors (Lipinski definition) is 0. The van der Waals surface area contributed by atoms with Crippen molar-refractivity contribution in [2.75, 3.05) is 0 Å². The molecule has 0 aliphatic heterocycles. The Balaban J connectivity index is 1.57. The van der Waals surface area contributed by atoms with Crippen LogP contribution in [0.2, 0.25) is 0 Å². The quantitative estimate of drug-likeness (QED) is 0.205. The molecule has 8 rings (SSSR count). The Morgan fingerprint density at radius 2 is 0.932 bits per heavy atom. The van der Waals surface area contributed by atoms with Crippen molar-refractivity contribution in [1.29, 1.82) is 15.8 Å². The fraction of sp³-hybridized carbons (Fsp3) is 0. The van der Waals surface area contributed by atoms with E-state index in [1.54, 1.807) is 34.8 Å². The van der Waals surface area contributed by atoms with Gasteiger partial charge in [0.15, 0.2) is 0 Å². The Labute approximate surface area is 261 Å².